The molecule has 3 nitrogen and oxygen atoms in total. The van der Waals surface area contributed by atoms with Crippen LogP contribution in [0, 0.1) is 0 Å². The summed E-state index contributed by atoms with van der Waals surface area (Å²) >= 11 is 1.40. The molecule has 0 aliphatic carbocycles. The summed E-state index contributed by atoms with van der Waals surface area (Å²) in [5, 5.41) is 0.198. The zero-order chi connectivity index (χ0) is 16.7. The Morgan fingerprint density at radius 1 is 1.08 bits per heavy atom. The average molecular weight is 366 g/mol. The monoisotopic (exact) mass is 365 g/mol. The second-order valence-corrected chi connectivity index (χ2v) is 6.78. The van der Waals surface area contributed by atoms with Crippen molar-refractivity contribution in [2.24, 2.45) is 0 Å². The lowest BCUT2D eigenvalue weighted by atomic mass is 10.0. The molecule has 0 N–H and O–H groups in total. The molecular formula is C19H24ClNO2S. The van der Waals surface area contributed by atoms with Gasteiger partial charge in [-0.2, -0.15) is 0 Å². The fourth-order valence-electron chi connectivity index (χ4n) is 2.06. The molecule has 0 aliphatic heterocycles. The molecule has 24 heavy (non-hydrogen) atoms. The Morgan fingerprint density at radius 2 is 1.75 bits per heavy atom. The molecule has 0 aliphatic rings. The van der Waals surface area contributed by atoms with Gasteiger partial charge in [-0.05, 0) is 43.9 Å². The zero-order valence-corrected chi connectivity index (χ0v) is 15.9. The highest BCUT2D eigenvalue weighted by Crippen LogP contribution is 2.27. The number of para-hydroxylation sites is 1. The van der Waals surface area contributed by atoms with Crippen LogP contribution in [-0.4, -0.2) is 36.4 Å². The summed E-state index contributed by atoms with van der Waals surface area (Å²) in [5.41, 5.74) is 0.987. The Hall–Kier alpha value is -1.49. The van der Waals surface area contributed by atoms with Crippen LogP contribution in [0.3, 0.4) is 0 Å². The first-order chi connectivity index (χ1) is 11.1. The molecule has 130 valence electrons. The first-order valence-electron chi connectivity index (χ1n) is 7.70. The van der Waals surface area contributed by atoms with Crippen molar-refractivity contribution in [3.05, 3.63) is 60.2 Å². The summed E-state index contributed by atoms with van der Waals surface area (Å²) in [4.78, 5) is 14.4. The van der Waals surface area contributed by atoms with Gasteiger partial charge in [0.2, 0.25) is 0 Å². The third kappa shape index (κ3) is 6.56. The molecule has 1 atom stereocenters. The van der Waals surface area contributed by atoms with E-state index < -0.39 is 0 Å². The minimum absolute atomic E-state index is 0. The SMILES string of the molecule is CC(C(=O)SCCN(C)C)c1cccc(Oc2ccccc2)c1.Cl. The summed E-state index contributed by atoms with van der Waals surface area (Å²) in [7, 11) is 4.03. The lowest BCUT2D eigenvalue weighted by molar-refractivity contribution is -0.111. The Balaban J connectivity index is 0.00000288. The van der Waals surface area contributed by atoms with Crippen molar-refractivity contribution >= 4 is 29.3 Å². The van der Waals surface area contributed by atoms with Crippen molar-refractivity contribution in [1.82, 2.24) is 4.90 Å². The number of ether oxygens (including phenoxy) is 1. The van der Waals surface area contributed by atoms with E-state index in [1.165, 1.54) is 11.8 Å². The molecule has 0 bridgehead atoms. The minimum Gasteiger partial charge on any atom is -0.457 e. The molecule has 0 aromatic heterocycles. The Morgan fingerprint density at radius 3 is 2.42 bits per heavy atom. The van der Waals surface area contributed by atoms with E-state index in [0.717, 1.165) is 29.4 Å². The molecule has 0 radical (unpaired) electrons. The highest BCUT2D eigenvalue weighted by atomic mass is 35.5. The van der Waals surface area contributed by atoms with Crippen LogP contribution in [0.15, 0.2) is 54.6 Å². The van der Waals surface area contributed by atoms with Gasteiger partial charge in [-0.3, -0.25) is 4.79 Å². The van der Waals surface area contributed by atoms with Crippen LogP contribution in [-0.2, 0) is 4.79 Å². The van der Waals surface area contributed by atoms with E-state index in [4.69, 9.17) is 4.74 Å². The molecule has 1 unspecified atom stereocenters. The maximum Gasteiger partial charge on any atom is 0.196 e. The van der Waals surface area contributed by atoms with Crippen LogP contribution in [0.4, 0.5) is 0 Å². The van der Waals surface area contributed by atoms with Crippen LogP contribution in [0.5, 0.6) is 11.5 Å². The van der Waals surface area contributed by atoms with Gasteiger partial charge in [0.25, 0.3) is 0 Å². The van der Waals surface area contributed by atoms with Crippen molar-refractivity contribution in [3.8, 4) is 11.5 Å². The number of hydrogen-bond acceptors (Lipinski definition) is 4. The molecule has 0 saturated heterocycles. The van der Waals surface area contributed by atoms with E-state index in [1.54, 1.807) is 0 Å². The van der Waals surface area contributed by atoms with Gasteiger partial charge in [-0.1, -0.05) is 49.0 Å². The van der Waals surface area contributed by atoms with E-state index in [1.807, 2.05) is 75.6 Å². The zero-order valence-electron chi connectivity index (χ0n) is 14.3. The molecule has 2 aromatic carbocycles. The number of rotatable bonds is 7. The second kappa shape index (κ2) is 10.4. The Labute approximate surface area is 154 Å². The number of benzene rings is 2. The number of carbonyl (C=O) groups excluding carboxylic acids is 1. The summed E-state index contributed by atoms with van der Waals surface area (Å²) in [5.74, 6) is 2.23. The summed E-state index contributed by atoms with van der Waals surface area (Å²) in [6.07, 6.45) is 0. The van der Waals surface area contributed by atoms with Crippen molar-refractivity contribution in [2.75, 3.05) is 26.4 Å². The lowest BCUT2D eigenvalue weighted by Gasteiger charge is -2.13. The molecule has 0 fully saturated rings. The predicted molar refractivity (Wildman–Crippen MR) is 105 cm³/mol. The molecule has 2 rings (SSSR count). The first-order valence-corrected chi connectivity index (χ1v) is 8.69. The number of hydrogen-bond donors (Lipinski definition) is 0. The van der Waals surface area contributed by atoms with Crippen LogP contribution in [0.1, 0.15) is 18.4 Å². The van der Waals surface area contributed by atoms with Crippen LogP contribution < -0.4 is 4.74 Å². The van der Waals surface area contributed by atoms with Gasteiger partial charge in [-0.25, -0.2) is 0 Å². The van der Waals surface area contributed by atoms with Gasteiger partial charge >= 0.3 is 0 Å². The number of halogens is 1. The number of nitrogens with zero attached hydrogens (tertiary/aromatic N) is 1. The molecule has 0 heterocycles. The molecular weight excluding hydrogens is 342 g/mol. The highest BCUT2D eigenvalue weighted by molar-refractivity contribution is 8.13. The molecule has 2 aromatic rings. The van der Waals surface area contributed by atoms with Crippen LogP contribution in [0.2, 0.25) is 0 Å². The van der Waals surface area contributed by atoms with E-state index in [2.05, 4.69) is 4.90 Å². The Kier molecular flexibility index (Phi) is 8.90. The van der Waals surface area contributed by atoms with Gasteiger partial charge in [0.15, 0.2) is 5.12 Å². The molecule has 0 spiro atoms. The standard InChI is InChI=1S/C19H23NO2S.ClH/c1-15(19(21)23-13-12-20(2)3)16-8-7-11-18(14-16)22-17-9-5-4-6-10-17;/h4-11,14-15H,12-13H2,1-3H3;1H. The normalized spacial score (nSPS) is 11.7. The van der Waals surface area contributed by atoms with Gasteiger partial charge < -0.3 is 9.64 Å². The largest absolute Gasteiger partial charge is 0.457 e. The van der Waals surface area contributed by atoms with Crippen molar-refractivity contribution < 1.29 is 9.53 Å². The van der Waals surface area contributed by atoms with Crippen molar-refractivity contribution in [2.45, 2.75) is 12.8 Å². The topological polar surface area (TPSA) is 29.5 Å². The third-order valence-corrected chi connectivity index (χ3v) is 4.50. The smallest absolute Gasteiger partial charge is 0.196 e. The van der Waals surface area contributed by atoms with Crippen molar-refractivity contribution in [3.63, 3.8) is 0 Å². The summed E-state index contributed by atoms with van der Waals surface area (Å²) in [6.45, 7) is 2.85. The molecule has 5 heteroatoms. The van der Waals surface area contributed by atoms with Crippen LogP contribution in [0.25, 0.3) is 0 Å². The van der Waals surface area contributed by atoms with E-state index in [9.17, 15) is 4.79 Å². The lowest BCUT2D eigenvalue weighted by Crippen LogP contribution is -2.16. The fourth-order valence-corrected chi connectivity index (χ4v) is 3.11. The quantitative estimate of drug-likeness (QED) is 0.703. The number of thioether (sulfide) groups is 1. The maximum atomic E-state index is 12.3. The van der Waals surface area contributed by atoms with E-state index >= 15 is 0 Å². The van der Waals surface area contributed by atoms with E-state index in [0.29, 0.717) is 0 Å². The summed E-state index contributed by atoms with van der Waals surface area (Å²) in [6, 6.07) is 17.4. The molecule has 0 saturated carbocycles. The third-order valence-electron chi connectivity index (χ3n) is 3.47. The number of carbonyl (C=O) groups is 1. The minimum atomic E-state index is -0.138. The maximum absolute atomic E-state index is 12.3. The first kappa shape index (κ1) is 20.6. The average Bonchev–Trinajstić information content (AvgIpc) is 2.55. The Bertz CT molecular complexity index is 634. The fraction of sp³-hybridized carbons (Fsp3) is 0.316. The van der Waals surface area contributed by atoms with Gasteiger partial charge in [0.1, 0.15) is 11.5 Å². The van der Waals surface area contributed by atoms with Gasteiger partial charge in [0.05, 0.1) is 5.92 Å². The molecule has 0 amide bonds. The van der Waals surface area contributed by atoms with Gasteiger partial charge in [-0.15, -0.1) is 12.4 Å². The highest BCUT2D eigenvalue weighted by Gasteiger charge is 2.16. The van der Waals surface area contributed by atoms with Crippen LogP contribution >= 0.6 is 24.2 Å². The van der Waals surface area contributed by atoms with E-state index in [-0.39, 0.29) is 23.4 Å². The second-order valence-electron chi connectivity index (χ2n) is 5.68. The van der Waals surface area contributed by atoms with Gasteiger partial charge in [0, 0.05) is 12.3 Å². The summed E-state index contributed by atoms with van der Waals surface area (Å²) < 4.78 is 5.84. The van der Waals surface area contributed by atoms with Crippen molar-refractivity contribution in [1.29, 1.82) is 0 Å². The predicted octanol–water partition coefficient (Wildman–Crippen LogP) is 4.83.